The van der Waals surface area contributed by atoms with E-state index in [1.807, 2.05) is 6.92 Å². The smallest absolute Gasteiger partial charge is 0.255 e. The molecule has 0 unspecified atom stereocenters. The third-order valence-electron chi connectivity index (χ3n) is 4.91. The standard InChI is InChI=1S/C17H24ClN3O2.ClH/c1-2-23-16-9-14(19)13(18)8-12(16)17(22)20-10-11-5-7-21-6-3-4-15(11)21;/h8-9,11,15H,2-7,10,19H2,1H3,(H,20,22);1H/t11-,15-;/m0./s1. The molecule has 2 saturated heterocycles. The van der Waals surface area contributed by atoms with Crippen molar-refractivity contribution < 1.29 is 9.53 Å². The summed E-state index contributed by atoms with van der Waals surface area (Å²) in [4.78, 5) is 15.1. The molecule has 2 atom stereocenters. The molecule has 0 spiro atoms. The lowest BCUT2D eigenvalue weighted by Crippen LogP contribution is -2.35. The molecule has 2 fully saturated rings. The van der Waals surface area contributed by atoms with Gasteiger partial charge < -0.3 is 20.7 Å². The number of carbonyl (C=O) groups is 1. The maximum absolute atomic E-state index is 12.5. The summed E-state index contributed by atoms with van der Waals surface area (Å²) in [5, 5.41) is 3.43. The first-order valence-electron chi connectivity index (χ1n) is 8.34. The Bertz CT molecular complexity index is 597. The van der Waals surface area contributed by atoms with Gasteiger partial charge in [-0.2, -0.15) is 0 Å². The fourth-order valence-corrected chi connectivity index (χ4v) is 3.93. The van der Waals surface area contributed by atoms with E-state index in [2.05, 4.69) is 10.2 Å². The molecule has 1 aromatic rings. The minimum Gasteiger partial charge on any atom is -0.493 e. The van der Waals surface area contributed by atoms with Crippen LogP contribution in [0.3, 0.4) is 0 Å². The lowest BCUT2D eigenvalue weighted by Gasteiger charge is -2.21. The Morgan fingerprint density at radius 3 is 2.96 bits per heavy atom. The number of fused-ring (bicyclic) bond motifs is 1. The number of anilines is 1. The Balaban J connectivity index is 0.00000208. The van der Waals surface area contributed by atoms with Gasteiger partial charge in [0.1, 0.15) is 5.75 Å². The molecule has 24 heavy (non-hydrogen) atoms. The van der Waals surface area contributed by atoms with Crippen LogP contribution in [-0.4, -0.2) is 43.1 Å². The SMILES string of the molecule is CCOc1cc(N)c(Cl)cc1C(=O)NC[C@@H]1CCN2CCC[C@@H]12.Cl. The van der Waals surface area contributed by atoms with Gasteiger partial charge >= 0.3 is 0 Å². The Hall–Kier alpha value is -1.17. The number of amides is 1. The summed E-state index contributed by atoms with van der Waals surface area (Å²) in [6.45, 7) is 5.41. The average Bonchev–Trinajstić information content (AvgIpc) is 3.12. The molecule has 1 amide bonds. The summed E-state index contributed by atoms with van der Waals surface area (Å²) < 4.78 is 5.53. The van der Waals surface area contributed by atoms with Crippen molar-refractivity contribution in [3.05, 3.63) is 22.7 Å². The van der Waals surface area contributed by atoms with Crippen LogP contribution in [0.1, 0.15) is 36.5 Å². The zero-order valence-corrected chi connectivity index (χ0v) is 15.5. The number of nitrogens with one attached hydrogen (secondary N) is 1. The number of hydrogen-bond donors (Lipinski definition) is 2. The number of halogens is 2. The van der Waals surface area contributed by atoms with Crippen LogP contribution in [0, 0.1) is 5.92 Å². The number of ether oxygens (including phenoxy) is 1. The molecule has 0 aliphatic carbocycles. The van der Waals surface area contributed by atoms with E-state index < -0.39 is 0 Å². The van der Waals surface area contributed by atoms with Crippen molar-refractivity contribution in [3.8, 4) is 5.75 Å². The molecule has 0 radical (unpaired) electrons. The van der Waals surface area contributed by atoms with Gasteiger partial charge in [-0.15, -0.1) is 12.4 Å². The zero-order chi connectivity index (χ0) is 16.4. The lowest BCUT2D eigenvalue weighted by molar-refractivity contribution is 0.0941. The van der Waals surface area contributed by atoms with Crippen molar-refractivity contribution in [3.63, 3.8) is 0 Å². The Morgan fingerprint density at radius 2 is 2.21 bits per heavy atom. The van der Waals surface area contributed by atoms with Crippen LogP contribution < -0.4 is 15.8 Å². The van der Waals surface area contributed by atoms with Gasteiger partial charge in [-0.05, 0) is 51.3 Å². The van der Waals surface area contributed by atoms with Crippen LogP contribution in [0.15, 0.2) is 12.1 Å². The van der Waals surface area contributed by atoms with E-state index in [1.54, 1.807) is 12.1 Å². The van der Waals surface area contributed by atoms with E-state index in [9.17, 15) is 4.79 Å². The molecular weight excluding hydrogens is 349 g/mol. The summed E-state index contributed by atoms with van der Waals surface area (Å²) in [6.07, 6.45) is 3.68. The van der Waals surface area contributed by atoms with Crippen molar-refractivity contribution in [1.82, 2.24) is 10.2 Å². The first-order valence-corrected chi connectivity index (χ1v) is 8.72. The van der Waals surface area contributed by atoms with Crippen LogP contribution in [0.2, 0.25) is 5.02 Å². The van der Waals surface area contributed by atoms with Crippen molar-refractivity contribution in [2.24, 2.45) is 5.92 Å². The zero-order valence-electron chi connectivity index (χ0n) is 13.9. The molecule has 1 aromatic carbocycles. The molecule has 2 heterocycles. The monoisotopic (exact) mass is 373 g/mol. The quantitative estimate of drug-likeness (QED) is 0.778. The van der Waals surface area contributed by atoms with Crippen LogP contribution in [0.25, 0.3) is 0 Å². The Kier molecular flexibility index (Phi) is 6.61. The van der Waals surface area contributed by atoms with Gasteiger partial charge in [0, 0.05) is 18.7 Å². The molecule has 0 saturated carbocycles. The highest BCUT2D eigenvalue weighted by molar-refractivity contribution is 6.33. The largest absolute Gasteiger partial charge is 0.493 e. The molecule has 2 aliphatic heterocycles. The van der Waals surface area contributed by atoms with E-state index in [0.29, 0.717) is 47.1 Å². The minimum absolute atomic E-state index is 0. The molecule has 0 bridgehead atoms. The van der Waals surface area contributed by atoms with Crippen LogP contribution in [0.4, 0.5) is 5.69 Å². The van der Waals surface area contributed by atoms with Gasteiger partial charge in [-0.3, -0.25) is 4.79 Å². The Labute approximate surface area is 154 Å². The third-order valence-corrected chi connectivity index (χ3v) is 5.24. The predicted molar refractivity (Wildman–Crippen MR) is 99.3 cm³/mol. The molecule has 0 aromatic heterocycles. The van der Waals surface area contributed by atoms with Crippen LogP contribution in [0.5, 0.6) is 5.75 Å². The fraction of sp³-hybridized carbons (Fsp3) is 0.588. The number of carbonyl (C=O) groups excluding carboxylic acids is 1. The highest BCUT2D eigenvalue weighted by Crippen LogP contribution is 2.33. The van der Waals surface area contributed by atoms with Crippen molar-refractivity contribution in [2.75, 3.05) is 32.0 Å². The summed E-state index contributed by atoms with van der Waals surface area (Å²) in [5.41, 5.74) is 6.67. The second-order valence-electron chi connectivity index (χ2n) is 6.31. The van der Waals surface area contributed by atoms with Gasteiger partial charge in [-0.1, -0.05) is 11.6 Å². The number of hydrogen-bond acceptors (Lipinski definition) is 4. The van der Waals surface area contributed by atoms with Crippen molar-refractivity contribution in [1.29, 1.82) is 0 Å². The van der Waals surface area contributed by atoms with Gasteiger partial charge in [0.25, 0.3) is 5.91 Å². The van der Waals surface area contributed by atoms with E-state index in [1.165, 1.54) is 19.4 Å². The maximum atomic E-state index is 12.5. The molecule has 2 aliphatic rings. The molecule has 5 nitrogen and oxygen atoms in total. The van der Waals surface area contributed by atoms with E-state index >= 15 is 0 Å². The number of nitrogen functional groups attached to an aromatic ring is 1. The first kappa shape index (κ1) is 19.2. The summed E-state index contributed by atoms with van der Waals surface area (Å²) in [6, 6.07) is 3.85. The first-order chi connectivity index (χ1) is 11.1. The average molecular weight is 374 g/mol. The normalized spacial score (nSPS) is 22.8. The van der Waals surface area contributed by atoms with E-state index in [4.69, 9.17) is 22.1 Å². The van der Waals surface area contributed by atoms with Gasteiger partial charge in [0.15, 0.2) is 0 Å². The molecule has 3 rings (SSSR count). The van der Waals surface area contributed by atoms with E-state index in [0.717, 1.165) is 13.0 Å². The van der Waals surface area contributed by atoms with Crippen molar-refractivity contribution >= 4 is 35.6 Å². The highest BCUT2D eigenvalue weighted by atomic mass is 35.5. The van der Waals surface area contributed by atoms with Gasteiger partial charge in [0.2, 0.25) is 0 Å². The number of benzene rings is 1. The lowest BCUT2D eigenvalue weighted by atomic mass is 9.98. The second-order valence-corrected chi connectivity index (χ2v) is 6.71. The topological polar surface area (TPSA) is 67.6 Å². The fourth-order valence-electron chi connectivity index (χ4n) is 3.77. The van der Waals surface area contributed by atoms with Gasteiger partial charge in [-0.25, -0.2) is 0 Å². The van der Waals surface area contributed by atoms with Crippen LogP contribution in [-0.2, 0) is 0 Å². The predicted octanol–water partition coefficient (Wildman–Crippen LogP) is 2.96. The maximum Gasteiger partial charge on any atom is 0.255 e. The highest BCUT2D eigenvalue weighted by Gasteiger charge is 2.37. The van der Waals surface area contributed by atoms with Gasteiger partial charge in [0.05, 0.1) is 22.9 Å². The number of nitrogens with zero attached hydrogens (tertiary/aromatic N) is 1. The van der Waals surface area contributed by atoms with Crippen molar-refractivity contribution in [2.45, 2.75) is 32.2 Å². The minimum atomic E-state index is -0.146. The number of rotatable bonds is 5. The molecule has 7 heteroatoms. The third kappa shape index (κ3) is 3.90. The Morgan fingerprint density at radius 1 is 1.42 bits per heavy atom. The number of nitrogens with two attached hydrogens (primary N) is 1. The summed E-state index contributed by atoms with van der Waals surface area (Å²) in [7, 11) is 0. The van der Waals surface area contributed by atoms with E-state index in [-0.39, 0.29) is 18.3 Å². The summed E-state index contributed by atoms with van der Waals surface area (Å²) >= 11 is 6.06. The molecular formula is C17H25Cl2N3O2. The molecule has 3 N–H and O–H groups in total. The summed E-state index contributed by atoms with van der Waals surface area (Å²) in [5.74, 6) is 0.883. The van der Waals surface area contributed by atoms with Crippen LogP contribution >= 0.6 is 24.0 Å². The molecule has 134 valence electrons. The second kappa shape index (κ2) is 8.28.